The van der Waals surface area contributed by atoms with Crippen LogP contribution in [0.3, 0.4) is 0 Å². The van der Waals surface area contributed by atoms with Crippen molar-refractivity contribution in [3.8, 4) is 0 Å². The average Bonchev–Trinajstić information content (AvgIpc) is 3.39. The third-order valence-corrected chi connectivity index (χ3v) is 11.8. The Morgan fingerprint density at radius 3 is 1.14 bits per heavy atom. The highest BCUT2D eigenvalue weighted by Gasteiger charge is 2.24. The Labute approximate surface area is 465 Å². The van der Waals surface area contributed by atoms with E-state index in [0.717, 1.165) is 35.1 Å². The second-order valence-electron chi connectivity index (χ2n) is 16.2. The van der Waals surface area contributed by atoms with Gasteiger partial charge in [0, 0.05) is 86.9 Å². The summed E-state index contributed by atoms with van der Waals surface area (Å²) in [7, 11) is 3.25. The third-order valence-electron chi connectivity index (χ3n) is 10.8. The molecule has 0 aliphatic rings. The van der Waals surface area contributed by atoms with Crippen molar-refractivity contribution in [3.05, 3.63) is 108 Å². The topological polar surface area (TPSA) is 297 Å². The molecule has 0 aromatic heterocycles. The number of anilines is 6. The van der Waals surface area contributed by atoms with Crippen molar-refractivity contribution < 1.29 is 68.3 Å². The molecule has 0 aliphatic carbocycles. The Morgan fingerprint density at radius 1 is 0.513 bits per heavy atom. The fourth-order valence-corrected chi connectivity index (χ4v) is 8.16. The number of ether oxygens (including phenoxy) is 2. The minimum atomic E-state index is -1.34. The molecule has 8 N–H and O–H groups in total. The summed E-state index contributed by atoms with van der Waals surface area (Å²) in [6.07, 6.45) is -2.39. The third kappa shape index (κ3) is 22.1. The highest BCUT2D eigenvalue weighted by Crippen LogP contribution is 2.31. The fourth-order valence-electron chi connectivity index (χ4n) is 6.89. The van der Waals surface area contributed by atoms with E-state index >= 15 is 0 Å². The zero-order valence-corrected chi connectivity index (χ0v) is 46.1. The highest BCUT2D eigenvalue weighted by atomic mass is 79.9. The molecule has 0 radical (unpaired) electrons. The minimum absolute atomic E-state index is 0.000603. The quantitative estimate of drug-likeness (QED) is 0.0247. The lowest BCUT2D eigenvalue weighted by atomic mass is 10.1. The number of carboxylic acid groups (broad SMARTS) is 4. The first kappa shape index (κ1) is 63.3. The van der Waals surface area contributed by atoms with Gasteiger partial charge in [0.1, 0.15) is 25.3 Å². The number of hydrogen-bond donors (Lipinski definition) is 8. The number of urea groups is 2. The minimum Gasteiger partial charge on any atom is -0.481 e. The number of nitrogens with one attached hydrogen (secondary N) is 4. The van der Waals surface area contributed by atoms with Gasteiger partial charge >= 0.3 is 48.1 Å². The van der Waals surface area contributed by atoms with E-state index in [-0.39, 0.29) is 26.1 Å². The maximum Gasteiger partial charge on any atom is 0.414 e. The summed E-state index contributed by atoms with van der Waals surface area (Å²) in [5.74, 6) is -4.18. The molecule has 0 fully saturated rings. The maximum absolute atomic E-state index is 12.8. The first-order valence-corrected chi connectivity index (χ1v) is 26.6. The monoisotopic (exact) mass is 1220 g/mol. The number of carbonyl (C=O) groups excluding carboxylic acids is 4. The second-order valence-corrected chi connectivity index (χ2v) is 18.5. The smallest absolute Gasteiger partial charge is 0.414 e. The number of aliphatic carboxylic acids is 4. The molecular weight excluding hydrogens is 1170 g/mol. The average molecular weight is 1230 g/mol. The summed E-state index contributed by atoms with van der Waals surface area (Å²) in [5.41, 5.74) is 5.14. The van der Waals surface area contributed by atoms with Gasteiger partial charge in [-0.1, -0.05) is 80.4 Å². The van der Waals surface area contributed by atoms with Gasteiger partial charge in [0.05, 0.1) is 22.7 Å². The van der Waals surface area contributed by atoms with E-state index in [9.17, 15) is 38.4 Å². The first-order valence-electron chi connectivity index (χ1n) is 23.3. The summed E-state index contributed by atoms with van der Waals surface area (Å²) in [6, 6.07) is 23.6. The van der Waals surface area contributed by atoms with Crippen LogP contribution in [-0.4, -0.2) is 143 Å². The molecule has 0 aliphatic heterocycles. The van der Waals surface area contributed by atoms with E-state index in [1.54, 1.807) is 68.7 Å². The number of hydrogen-bond acceptors (Lipinski definition) is 12. The molecule has 0 saturated carbocycles. The Balaban J connectivity index is 0.000000400. The lowest BCUT2D eigenvalue weighted by Crippen LogP contribution is -2.43. The number of carboxylic acids is 4. The maximum atomic E-state index is 12.8. The standard InChI is InChI=1S/C25H30Br2N4O7.C25H30Cl2N4O7/c2*1-30(20-4-2-3-5-21(20)31(14-12-26)15-13-27)25(37)38-16-17-6-8-18(9-7-17)28-24(36)29-19(23(34)35)10-11-22(32)33/h2*2-9,19H,10-16H2,1H3,(H,32,33)(H,34,35)(H2,28,29,36). The number of alkyl halides is 4. The van der Waals surface area contributed by atoms with Crippen molar-refractivity contribution in [2.75, 3.05) is 92.9 Å². The van der Waals surface area contributed by atoms with E-state index in [0.29, 0.717) is 58.7 Å². The van der Waals surface area contributed by atoms with Gasteiger partial charge in [0.25, 0.3) is 0 Å². The van der Waals surface area contributed by atoms with Crippen LogP contribution in [0.1, 0.15) is 36.8 Å². The van der Waals surface area contributed by atoms with Crippen LogP contribution in [0.5, 0.6) is 0 Å². The molecule has 22 nitrogen and oxygen atoms in total. The largest absolute Gasteiger partial charge is 0.481 e. The summed E-state index contributed by atoms with van der Waals surface area (Å²) >= 11 is 18.8. The molecule has 6 amide bonds. The predicted octanol–water partition coefficient (Wildman–Crippen LogP) is 8.68. The molecule has 2 unspecified atom stereocenters. The van der Waals surface area contributed by atoms with Gasteiger partial charge in [-0.3, -0.25) is 19.4 Å². The van der Waals surface area contributed by atoms with Crippen molar-refractivity contribution in [2.45, 2.75) is 51.0 Å². The zero-order chi connectivity index (χ0) is 56.2. The van der Waals surface area contributed by atoms with Crippen LogP contribution in [0.4, 0.5) is 53.3 Å². The highest BCUT2D eigenvalue weighted by molar-refractivity contribution is 9.09. The van der Waals surface area contributed by atoms with E-state index in [4.69, 9.17) is 53.1 Å². The lowest BCUT2D eigenvalue weighted by molar-refractivity contribution is -0.142. The van der Waals surface area contributed by atoms with Crippen LogP contribution in [-0.2, 0) is 41.9 Å². The molecule has 76 heavy (non-hydrogen) atoms. The second kappa shape index (κ2) is 33.8. The molecule has 26 heteroatoms. The van der Waals surface area contributed by atoms with Crippen LogP contribution >= 0.6 is 55.1 Å². The Hall–Kier alpha value is -7.02. The van der Waals surface area contributed by atoms with Crippen molar-refractivity contribution >= 4 is 137 Å². The van der Waals surface area contributed by atoms with Gasteiger partial charge in [0.15, 0.2) is 0 Å². The summed E-state index contributed by atoms with van der Waals surface area (Å²) in [6.45, 7) is 2.63. The SMILES string of the molecule is CN(C(=O)OCc1ccc(NC(=O)NC(CCC(=O)O)C(=O)O)cc1)c1ccccc1N(CCBr)CCBr.CN(C(=O)OCc1ccc(NC(=O)NC(CCC(=O)O)C(=O)O)cc1)c1ccccc1N(CCCl)CCCl. The fraction of sp³-hybridized carbons (Fsp3) is 0.360. The van der Waals surface area contributed by atoms with Crippen LogP contribution in [0, 0.1) is 0 Å². The van der Waals surface area contributed by atoms with Crippen molar-refractivity contribution in [2.24, 2.45) is 0 Å². The summed E-state index contributed by atoms with van der Waals surface area (Å²) in [5, 5.41) is 46.7. The van der Waals surface area contributed by atoms with Crippen LogP contribution in [0.2, 0.25) is 0 Å². The number of carbonyl (C=O) groups is 8. The van der Waals surface area contributed by atoms with Gasteiger partial charge < -0.3 is 61.0 Å². The van der Waals surface area contributed by atoms with E-state index < -0.39 is 73.1 Å². The Bertz CT molecular complexity index is 2370. The molecule has 4 rings (SSSR count). The zero-order valence-electron chi connectivity index (χ0n) is 41.5. The molecule has 412 valence electrons. The first-order chi connectivity index (χ1) is 36.3. The molecule has 0 heterocycles. The van der Waals surface area contributed by atoms with Crippen molar-refractivity contribution in [1.29, 1.82) is 0 Å². The molecule has 2 atom stereocenters. The number of para-hydroxylation sites is 4. The van der Waals surface area contributed by atoms with E-state index in [1.165, 1.54) is 9.80 Å². The summed E-state index contributed by atoms with van der Waals surface area (Å²) in [4.78, 5) is 101. The van der Waals surface area contributed by atoms with Crippen molar-refractivity contribution in [3.63, 3.8) is 0 Å². The molecule has 4 aromatic rings. The Kier molecular flexibility index (Phi) is 28.1. The van der Waals surface area contributed by atoms with E-state index in [1.807, 2.05) is 47.4 Å². The van der Waals surface area contributed by atoms with Crippen LogP contribution in [0.15, 0.2) is 97.1 Å². The molecule has 0 spiro atoms. The van der Waals surface area contributed by atoms with Gasteiger partial charge in [-0.05, 0) is 72.5 Å². The van der Waals surface area contributed by atoms with Gasteiger partial charge in [0.2, 0.25) is 0 Å². The molecular formula is C50H60Br2Cl2N8O14. The normalized spacial score (nSPS) is 11.2. The van der Waals surface area contributed by atoms with Gasteiger partial charge in [-0.2, -0.15) is 0 Å². The number of nitrogens with zero attached hydrogens (tertiary/aromatic N) is 4. The predicted molar refractivity (Wildman–Crippen MR) is 297 cm³/mol. The van der Waals surface area contributed by atoms with E-state index in [2.05, 4.69) is 58.0 Å². The molecule has 4 aromatic carbocycles. The van der Waals surface area contributed by atoms with Crippen molar-refractivity contribution in [1.82, 2.24) is 10.6 Å². The number of halogens is 4. The van der Waals surface area contributed by atoms with Gasteiger partial charge in [-0.15, -0.1) is 23.2 Å². The number of benzene rings is 4. The van der Waals surface area contributed by atoms with Gasteiger partial charge in [-0.25, -0.2) is 28.8 Å². The van der Waals surface area contributed by atoms with Crippen LogP contribution in [0.25, 0.3) is 0 Å². The number of rotatable bonds is 28. The lowest BCUT2D eigenvalue weighted by Gasteiger charge is -2.28. The number of amides is 6. The summed E-state index contributed by atoms with van der Waals surface area (Å²) < 4.78 is 10.9. The molecule has 0 bridgehead atoms. The Morgan fingerprint density at radius 2 is 0.842 bits per heavy atom. The van der Waals surface area contributed by atoms with Crippen LogP contribution < -0.4 is 40.9 Å². The molecule has 0 saturated heterocycles.